The number of phenols is 1. The molecule has 2 aliphatic rings. The van der Waals surface area contributed by atoms with Crippen molar-refractivity contribution in [3.05, 3.63) is 59.7 Å². The van der Waals surface area contributed by atoms with E-state index in [2.05, 4.69) is 21.9 Å². The van der Waals surface area contributed by atoms with E-state index < -0.39 is 0 Å². The van der Waals surface area contributed by atoms with Crippen LogP contribution in [0.5, 0.6) is 5.75 Å². The van der Waals surface area contributed by atoms with E-state index in [4.69, 9.17) is 19.7 Å². The van der Waals surface area contributed by atoms with Crippen LogP contribution in [0, 0.1) is 0 Å². The minimum Gasteiger partial charge on any atom is -0.508 e. The van der Waals surface area contributed by atoms with Crippen molar-refractivity contribution in [2.75, 3.05) is 43.2 Å². The Morgan fingerprint density at radius 1 is 1.06 bits per heavy atom. The lowest BCUT2D eigenvalue weighted by atomic mass is 9.93. The standard InChI is InChI=1S/C25H29N5O3/c1-29(19-10-13-33-14-11-19)24-26-23(18-6-4-7-20(32)15-18)27-25(28-24)30-12-9-17-5-2-3-8-21(17)22(30)16-31/h2-8,15,19,22,31-32H,9-14,16H2,1H3/t22-/m0/s1. The highest BCUT2D eigenvalue weighted by Gasteiger charge is 2.30. The number of benzene rings is 2. The van der Waals surface area contributed by atoms with Crippen molar-refractivity contribution in [1.82, 2.24) is 15.0 Å². The first kappa shape index (κ1) is 21.6. The van der Waals surface area contributed by atoms with Crippen LogP contribution in [0.15, 0.2) is 48.5 Å². The van der Waals surface area contributed by atoms with Gasteiger partial charge in [0.05, 0.1) is 12.6 Å². The Hall–Kier alpha value is -3.23. The minimum absolute atomic E-state index is 0.0324. The molecule has 2 aromatic carbocycles. The molecule has 0 amide bonds. The quantitative estimate of drug-likeness (QED) is 0.617. The van der Waals surface area contributed by atoms with Crippen LogP contribution in [0.1, 0.15) is 30.0 Å². The van der Waals surface area contributed by atoms with Crippen molar-refractivity contribution in [3.63, 3.8) is 0 Å². The third-order valence-electron chi connectivity index (χ3n) is 6.61. The molecule has 0 unspecified atom stereocenters. The highest BCUT2D eigenvalue weighted by atomic mass is 16.5. The number of phenolic OH excluding ortho intramolecular Hbond substituents is 1. The average Bonchev–Trinajstić information content (AvgIpc) is 2.87. The summed E-state index contributed by atoms with van der Waals surface area (Å²) in [5, 5.41) is 20.3. The Kier molecular flexibility index (Phi) is 6.11. The smallest absolute Gasteiger partial charge is 0.231 e. The van der Waals surface area contributed by atoms with Crippen LogP contribution in [-0.4, -0.2) is 64.6 Å². The molecule has 0 radical (unpaired) electrons. The predicted molar refractivity (Wildman–Crippen MR) is 126 cm³/mol. The maximum absolute atomic E-state index is 10.3. The highest BCUT2D eigenvalue weighted by molar-refractivity contribution is 5.61. The lowest BCUT2D eigenvalue weighted by Gasteiger charge is -2.37. The van der Waals surface area contributed by atoms with Gasteiger partial charge in [-0.25, -0.2) is 0 Å². The Morgan fingerprint density at radius 2 is 1.88 bits per heavy atom. The second-order valence-corrected chi connectivity index (χ2v) is 8.60. The number of aliphatic hydroxyl groups excluding tert-OH is 1. The molecule has 8 nitrogen and oxygen atoms in total. The molecule has 0 saturated carbocycles. The molecule has 5 rings (SSSR count). The summed E-state index contributed by atoms with van der Waals surface area (Å²) in [7, 11) is 2.01. The maximum Gasteiger partial charge on any atom is 0.231 e. The highest BCUT2D eigenvalue weighted by Crippen LogP contribution is 2.34. The van der Waals surface area contributed by atoms with Crippen molar-refractivity contribution in [2.45, 2.75) is 31.3 Å². The van der Waals surface area contributed by atoms with Gasteiger partial charge < -0.3 is 24.7 Å². The summed E-state index contributed by atoms with van der Waals surface area (Å²) in [5.41, 5.74) is 3.07. The van der Waals surface area contributed by atoms with Gasteiger partial charge in [0.25, 0.3) is 0 Å². The first-order valence-electron chi connectivity index (χ1n) is 11.5. The summed E-state index contributed by atoms with van der Waals surface area (Å²) in [6.07, 6.45) is 2.68. The summed E-state index contributed by atoms with van der Waals surface area (Å²) in [6, 6.07) is 15.2. The molecule has 1 saturated heterocycles. The van der Waals surface area contributed by atoms with Crippen LogP contribution in [0.2, 0.25) is 0 Å². The van der Waals surface area contributed by atoms with E-state index in [1.54, 1.807) is 18.2 Å². The molecule has 1 aromatic heterocycles. The Labute approximate surface area is 193 Å². The van der Waals surface area contributed by atoms with Crippen molar-refractivity contribution in [3.8, 4) is 17.1 Å². The van der Waals surface area contributed by atoms with Gasteiger partial charge in [-0.15, -0.1) is 0 Å². The van der Waals surface area contributed by atoms with E-state index >= 15 is 0 Å². The second-order valence-electron chi connectivity index (χ2n) is 8.60. The van der Waals surface area contributed by atoms with E-state index in [0.717, 1.165) is 43.6 Å². The molecule has 1 atom stereocenters. The molecule has 2 N–H and O–H groups in total. The number of fused-ring (bicyclic) bond motifs is 1. The summed E-state index contributed by atoms with van der Waals surface area (Å²) in [6.45, 7) is 2.12. The number of ether oxygens (including phenoxy) is 1. The van der Waals surface area contributed by atoms with Gasteiger partial charge >= 0.3 is 0 Å². The predicted octanol–water partition coefficient (Wildman–Crippen LogP) is 2.96. The monoisotopic (exact) mass is 447 g/mol. The van der Waals surface area contributed by atoms with Crippen molar-refractivity contribution < 1.29 is 14.9 Å². The van der Waals surface area contributed by atoms with Crippen LogP contribution in [0.3, 0.4) is 0 Å². The molecule has 172 valence electrons. The third-order valence-corrected chi connectivity index (χ3v) is 6.61. The zero-order valence-electron chi connectivity index (χ0n) is 18.8. The largest absolute Gasteiger partial charge is 0.508 e. The number of hydrogen-bond acceptors (Lipinski definition) is 8. The van der Waals surface area contributed by atoms with Crippen LogP contribution in [0.25, 0.3) is 11.4 Å². The molecular formula is C25H29N5O3. The normalized spacial score (nSPS) is 18.7. The van der Waals surface area contributed by atoms with Gasteiger partial charge in [0.15, 0.2) is 5.82 Å². The van der Waals surface area contributed by atoms with E-state index in [1.165, 1.54) is 5.56 Å². The third kappa shape index (κ3) is 4.36. The van der Waals surface area contributed by atoms with Gasteiger partial charge in [-0.05, 0) is 42.5 Å². The van der Waals surface area contributed by atoms with Gasteiger partial charge in [0.1, 0.15) is 5.75 Å². The molecular weight excluding hydrogens is 418 g/mol. The fraction of sp³-hybridized carbons (Fsp3) is 0.400. The number of rotatable bonds is 5. The fourth-order valence-corrected chi connectivity index (χ4v) is 4.74. The second kappa shape index (κ2) is 9.33. The summed E-state index contributed by atoms with van der Waals surface area (Å²) in [5.74, 6) is 1.78. The molecule has 0 bridgehead atoms. The molecule has 8 heteroatoms. The average molecular weight is 448 g/mol. The van der Waals surface area contributed by atoms with Crippen LogP contribution < -0.4 is 9.80 Å². The van der Waals surface area contributed by atoms with E-state index in [-0.39, 0.29) is 24.4 Å². The molecule has 2 aliphatic heterocycles. The number of aliphatic hydroxyl groups is 1. The Balaban J connectivity index is 1.58. The molecule has 0 spiro atoms. The first-order valence-corrected chi connectivity index (χ1v) is 11.5. The van der Waals surface area contributed by atoms with E-state index in [0.29, 0.717) is 24.3 Å². The van der Waals surface area contributed by atoms with Gasteiger partial charge in [-0.3, -0.25) is 0 Å². The number of aromatic nitrogens is 3. The van der Waals surface area contributed by atoms with Gasteiger partial charge in [0, 0.05) is 38.4 Å². The molecule has 33 heavy (non-hydrogen) atoms. The van der Waals surface area contributed by atoms with Crippen molar-refractivity contribution in [1.29, 1.82) is 0 Å². The van der Waals surface area contributed by atoms with Crippen molar-refractivity contribution >= 4 is 11.9 Å². The summed E-state index contributed by atoms with van der Waals surface area (Å²) < 4.78 is 5.53. The van der Waals surface area contributed by atoms with Crippen LogP contribution >= 0.6 is 0 Å². The zero-order valence-corrected chi connectivity index (χ0v) is 18.8. The Morgan fingerprint density at radius 3 is 2.67 bits per heavy atom. The number of hydrogen-bond donors (Lipinski definition) is 2. The Bertz CT molecular complexity index is 1120. The van der Waals surface area contributed by atoms with E-state index in [9.17, 15) is 10.2 Å². The molecule has 3 aromatic rings. The van der Waals surface area contributed by atoms with Gasteiger partial charge in [-0.1, -0.05) is 36.4 Å². The van der Waals surface area contributed by atoms with Gasteiger partial charge in [-0.2, -0.15) is 15.0 Å². The topological polar surface area (TPSA) is 94.8 Å². The number of anilines is 2. The number of aromatic hydroxyl groups is 1. The summed E-state index contributed by atoms with van der Waals surface area (Å²) >= 11 is 0. The molecule has 0 aliphatic carbocycles. The maximum atomic E-state index is 10.3. The first-order chi connectivity index (χ1) is 16.1. The van der Waals surface area contributed by atoms with Crippen molar-refractivity contribution in [2.24, 2.45) is 0 Å². The van der Waals surface area contributed by atoms with Gasteiger partial charge in [0.2, 0.25) is 11.9 Å². The van der Waals surface area contributed by atoms with Crippen LogP contribution in [-0.2, 0) is 11.2 Å². The lowest BCUT2D eigenvalue weighted by Crippen LogP contribution is -2.40. The molecule has 3 heterocycles. The summed E-state index contributed by atoms with van der Waals surface area (Å²) in [4.78, 5) is 18.6. The zero-order chi connectivity index (χ0) is 22.8. The molecule has 1 fully saturated rings. The van der Waals surface area contributed by atoms with Crippen LogP contribution in [0.4, 0.5) is 11.9 Å². The number of nitrogens with zero attached hydrogens (tertiary/aromatic N) is 5. The fourth-order valence-electron chi connectivity index (χ4n) is 4.74. The SMILES string of the molecule is CN(c1nc(-c2cccc(O)c2)nc(N2CCc3ccccc3[C@@H]2CO)n1)C1CCOCC1. The minimum atomic E-state index is -0.226. The van der Waals surface area contributed by atoms with E-state index in [1.807, 2.05) is 25.2 Å². The lowest BCUT2D eigenvalue weighted by molar-refractivity contribution is 0.0852.